The maximum Gasteiger partial charge on any atom is 0.150 e. The maximum atomic E-state index is 4.83. The molecule has 0 saturated carbocycles. The van der Waals surface area contributed by atoms with Crippen LogP contribution in [0.2, 0.25) is 0 Å². The molecule has 0 spiro atoms. The number of anilines is 2. The molecule has 8 heteroatoms. The Labute approximate surface area is 159 Å². The van der Waals surface area contributed by atoms with Crippen LogP contribution in [0.25, 0.3) is 20.4 Å². The van der Waals surface area contributed by atoms with Gasteiger partial charge in [0.15, 0.2) is 0 Å². The molecular weight excluding hydrogens is 364 g/mol. The summed E-state index contributed by atoms with van der Waals surface area (Å²) in [6.07, 6.45) is 2.53. The molecule has 26 heavy (non-hydrogen) atoms. The van der Waals surface area contributed by atoms with Gasteiger partial charge in [-0.25, -0.2) is 19.9 Å². The highest BCUT2D eigenvalue weighted by Crippen LogP contribution is 2.31. The largest absolute Gasteiger partial charge is 0.352 e. The van der Waals surface area contributed by atoms with Gasteiger partial charge in [-0.3, -0.25) is 0 Å². The Morgan fingerprint density at radius 3 is 2.50 bits per heavy atom. The van der Waals surface area contributed by atoms with Gasteiger partial charge >= 0.3 is 0 Å². The third-order valence-electron chi connectivity index (χ3n) is 4.77. The van der Waals surface area contributed by atoms with E-state index in [1.807, 2.05) is 0 Å². The van der Waals surface area contributed by atoms with Gasteiger partial charge in [-0.2, -0.15) is 0 Å². The van der Waals surface area contributed by atoms with Crippen LogP contribution in [0.4, 0.5) is 11.6 Å². The van der Waals surface area contributed by atoms with Crippen molar-refractivity contribution in [2.24, 2.45) is 0 Å². The molecule has 0 bridgehead atoms. The van der Waals surface area contributed by atoms with E-state index in [1.54, 1.807) is 29.0 Å². The lowest BCUT2D eigenvalue weighted by Crippen LogP contribution is -2.47. The summed E-state index contributed by atoms with van der Waals surface area (Å²) < 4.78 is 1.18. The first-order valence-electron chi connectivity index (χ1n) is 8.75. The number of aromatic nitrogens is 4. The molecule has 0 N–H and O–H groups in total. The number of thiophene rings is 2. The average molecular weight is 383 g/mol. The Balaban J connectivity index is 1.42. The van der Waals surface area contributed by atoms with E-state index < -0.39 is 0 Å². The Bertz CT molecular complexity index is 1060. The number of aryl methyl sites for hydroxylation is 1. The molecule has 0 aromatic carbocycles. The fourth-order valence-corrected chi connectivity index (χ4v) is 5.05. The van der Waals surface area contributed by atoms with Gasteiger partial charge in [0.1, 0.15) is 28.6 Å². The van der Waals surface area contributed by atoms with Gasteiger partial charge in [-0.1, -0.05) is 6.92 Å². The molecule has 5 heterocycles. The van der Waals surface area contributed by atoms with Crippen molar-refractivity contribution in [2.75, 3.05) is 36.0 Å². The summed E-state index contributed by atoms with van der Waals surface area (Å²) in [5.41, 5.74) is 1.03. The van der Waals surface area contributed by atoms with Crippen LogP contribution in [0.5, 0.6) is 0 Å². The SMILES string of the molecule is CCc1nc(N2CCN(c3ncnc4ccsc34)CC2)c2ccsc2n1. The van der Waals surface area contributed by atoms with Crippen LogP contribution in [0.1, 0.15) is 12.7 Å². The molecule has 5 rings (SSSR count). The zero-order chi connectivity index (χ0) is 17.5. The first-order chi connectivity index (χ1) is 12.8. The average Bonchev–Trinajstić information content (AvgIpc) is 3.36. The highest BCUT2D eigenvalue weighted by Gasteiger charge is 2.23. The highest BCUT2D eigenvalue weighted by molar-refractivity contribution is 7.17. The lowest BCUT2D eigenvalue weighted by atomic mass is 10.2. The van der Waals surface area contributed by atoms with E-state index in [9.17, 15) is 0 Å². The molecule has 1 aliphatic heterocycles. The Morgan fingerprint density at radius 1 is 0.923 bits per heavy atom. The fourth-order valence-electron chi connectivity index (χ4n) is 3.41. The number of hydrogen-bond acceptors (Lipinski definition) is 8. The number of fused-ring (bicyclic) bond motifs is 2. The normalized spacial score (nSPS) is 15.3. The van der Waals surface area contributed by atoms with E-state index in [-0.39, 0.29) is 0 Å². The summed E-state index contributed by atoms with van der Waals surface area (Å²) in [5.74, 6) is 3.06. The van der Waals surface area contributed by atoms with Crippen molar-refractivity contribution in [3.05, 3.63) is 35.0 Å². The smallest absolute Gasteiger partial charge is 0.150 e. The van der Waals surface area contributed by atoms with Crippen LogP contribution in [-0.4, -0.2) is 46.1 Å². The van der Waals surface area contributed by atoms with Gasteiger partial charge in [0, 0.05) is 32.6 Å². The first kappa shape index (κ1) is 15.9. The van der Waals surface area contributed by atoms with Gasteiger partial charge in [0.05, 0.1) is 15.6 Å². The first-order valence-corrected chi connectivity index (χ1v) is 10.5. The van der Waals surface area contributed by atoms with Crippen molar-refractivity contribution in [3.63, 3.8) is 0 Å². The minimum absolute atomic E-state index is 0.859. The maximum absolute atomic E-state index is 4.83. The number of nitrogens with zero attached hydrogens (tertiary/aromatic N) is 6. The molecular formula is C18H18N6S2. The minimum atomic E-state index is 0.859. The van der Waals surface area contributed by atoms with Crippen molar-refractivity contribution < 1.29 is 0 Å². The topological polar surface area (TPSA) is 58.0 Å². The molecule has 0 amide bonds. The predicted molar refractivity (Wildman–Crippen MR) is 109 cm³/mol. The monoisotopic (exact) mass is 382 g/mol. The second-order valence-corrected chi connectivity index (χ2v) is 8.07. The molecule has 6 nitrogen and oxygen atoms in total. The molecule has 1 saturated heterocycles. The minimum Gasteiger partial charge on any atom is -0.352 e. The zero-order valence-corrected chi connectivity index (χ0v) is 16.1. The highest BCUT2D eigenvalue weighted by atomic mass is 32.1. The van der Waals surface area contributed by atoms with E-state index in [2.05, 4.69) is 54.6 Å². The number of hydrogen-bond donors (Lipinski definition) is 0. The molecule has 4 aromatic rings. The summed E-state index contributed by atoms with van der Waals surface area (Å²) in [6, 6.07) is 4.20. The van der Waals surface area contributed by atoms with Gasteiger partial charge in [-0.05, 0) is 22.9 Å². The summed E-state index contributed by atoms with van der Waals surface area (Å²) >= 11 is 3.40. The molecule has 1 fully saturated rings. The Hall–Kier alpha value is -2.32. The molecule has 4 aromatic heterocycles. The van der Waals surface area contributed by atoms with Gasteiger partial charge in [0.25, 0.3) is 0 Å². The number of piperazine rings is 1. The quantitative estimate of drug-likeness (QED) is 0.540. The molecule has 0 unspecified atom stereocenters. The van der Waals surface area contributed by atoms with Crippen molar-refractivity contribution in [1.82, 2.24) is 19.9 Å². The second-order valence-electron chi connectivity index (χ2n) is 6.26. The van der Waals surface area contributed by atoms with Crippen LogP contribution < -0.4 is 9.80 Å². The number of rotatable bonds is 3. The van der Waals surface area contributed by atoms with Gasteiger partial charge < -0.3 is 9.80 Å². The van der Waals surface area contributed by atoms with Gasteiger partial charge in [-0.15, -0.1) is 22.7 Å². The van der Waals surface area contributed by atoms with Gasteiger partial charge in [0.2, 0.25) is 0 Å². The van der Waals surface area contributed by atoms with Crippen LogP contribution in [0, 0.1) is 0 Å². The van der Waals surface area contributed by atoms with E-state index in [0.717, 1.165) is 60.4 Å². The summed E-state index contributed by atoms with van der Waals surface area (Å²) in [4.78, 5) is 24.2. The lowest BCUT2D eigenvalue weighted by Gasteiger charge is -2.36. The van der Waals surface area contributed by atoms with E-state index >= 15 is 0 Å². The van der Waals surface area contributed by atoms with Crippen molar-refractivity contribution in [1.29, 1.82) is 0 Å². The van der Waals surface area contributed by atoms with Crippen LogP contribution in [0.3, 0.4) is 0 Å². The zero-order valence-electron chi connectivity index (χ0n) is 14.4. The molecule has 0 atom stereocenters. The Kier molecular flexibility index (Phi) is 3.94. The Morgan fingerprint density at radius 2 is 1.69 bits per heavy atom. The summed E-state index contributed by atoms with van der Waals surface area (Å²) in [5, 5.41) is 5.36. The van der Waals surface area contributed by atoms with Crippen molar-refractivity contribution in [2.45, 2.75) is 13.3 Å². The molecule has 0 radical (unpaired) electrons. The third kappa shape index (κ3) is 2.60. The molecule has 132 valence electrons. The second kappa shape index (κ2) is 6.44. The predicted octanol–water partition coefficient (Wildman–Crippen LogP) is 3.59. The van der Waals surface area contributed by atoms with E-state index in [1.165, 1.54) is 10.1 Å². The van der Waals surface area contributed by atoms with Crippen LogP contribution in [0.15, 0.2) is 29.2 Å². The fraction of sp³-hybridized carbons (Fsp3) is 0.333. The summed E-state index contributed by atoms with van der Waals surface area (Å²) in [6.45, 7) is 5.84. The lowest BCUT2D eigenvalue weighted by molar-refractivity contribution is 0.643. The van der Waals surface area contributed by atoms with Crippen LogP contribution >= 0.6 is 22.7 Å². The van der Waals surface area contributed by atoms with Crippen LogP contribution in [-0.2, 0) is 6.42 Å². The van der Waals surface area contributed by atoms with E-state index in [4.69, 9.17) is 4.98 Å². The molecule has 0 aliphatic carbocycles. The molecule has 1 aliphatic rings. The van der Waals surface area contributed by atoms with Crippen molar-refractivity contribution in [3.8, 4) is 0 Å². The van der Waals surface area contributed by atoms with Crippen molar-refractivity contribution >= 4 is 54.7 Å². The van der Waals surface area contributed by atoms with E-state index in [0.29, 0.717) is 0 Å². The standard InChI is InChI=1S/C18H18N6S2/c1-2-14-21-16(12-3-9-26-18(12)22-14)23-5-7-24(8-6-23)17-15-13(4-10-25-15)19-11-20-17/h3-4,9-11H,2,5-8H2,1H3. The summed E-state index contributed by atoms with van der Waals surface area (Å²) in [7, 11) is 0. The third-order valence-corrected chi connectivity index (χ3v) is 6.48.